The van der Waals surface area contributed by atoms with E-state index in [2.05, 4.69) is 10.6 Å². The molecule has 9 nitrogen and oxygen atoms in total. The lowest BCUT2D eigenvalue weighted by molar-refractivity contribution is -0.150. The molecule has 3 N–H and O–H groups in total. The van der Waals surface area contributed by atoms with Gasteiger partial charge in [-0.15, -0.1) is 0 Å². The number of hydrogen-bond acceptors (Lipinski definition) is 4. The van der Waals surface area contributed by atoms with Gasteiger partial charge in [-0.1, -0.05) is 13.8 Å². The number of likely N-dealkylation sites (tertiary alicyclic amines) is 1. The number of carboxylic acid groups (broad SMARTS) is 1. The molecule has 9 heteroatoms. The molecule has 0 radical (unpaired) electrons. The molecule has 1 saturated heterocycles. The first-order valence-electron chi connectivity index (χ1n) is 9.91. The molecule has 2 atom stereocenters. The van der Waals surface area contributed by atoms with Crippen LogP contribution in [-0.4, -0.2) is 77.5 Å². The number of carbonyl (C=O) groups is 4. The maximum Gasteiger partial charge on any atom is 0.326 e. The highest BCUT2D eigenvalue weighted by Gasteiger charge is 2.30. The normalized spacial score (nSPS) is 17.8. The number of carboxylic acids is 1. The molecule has 1 heterocycles. The second-order valence-corrected chi connectivity index (χ2v) is 7.82. The lowest BCUT2D eigenvalue weighted by Crippen LogP contribution is -2.49. The van der Waals surface area contributed by atoms with Crippen molar-refractivity contribution in [1.82, 2.24) is 20.4 Å². The van der Waals surface area contributed by atoms with Crippen molar-refractivity contribution in [2.45, 2.75) is 53.0 Å². The molecular weight excluding hydrogens is 364 g/mol. The zero-order valence-electron chi connectivity index (χ0n) is 17.4. The number of carbonyl (C=O) groups excluding carboxylic acids is 3. The number of amides is 4. The summed E-state index contributed by atoms with van der Waals surface area (Å²) in [5.41, 5.74) is 0. The monoisotopic (exact) mass is 398 g/mol. The van der Waals surface area contributed by atoms with Crippen molar-refractivity contribution in [1.29, 1.82) is 0 Å². The van der Waals surface area contributed by atoms with E-state index in [0.29, 0.717) is 25.6 Å². The van der Waals surface area contributed by atoms with Crippen molar-refractivity contribution >= 4 is 23.8 Å². The Morgan fingerprint density at radius 3 is 2.43 bits per heavy atom. The standard InChI is InChI=1S/C19H34N4O5/c1-13(2)11-21-19(28)22-8-5-6-16(12-22)10-17(25)23(14(3)18(26)27)9-7-20-15(4)24/h13-14,16H,5-12H2,1-4H3,(H,20,24)(H,21,28)(H,26,27). The summed E-state index contributed by atoms with van der Waals surface area (Å²) >= 11 is 0. The Balaban J connectivity index is 2.65. The van der Waals surface area contributed by atoms with E-state index in [4.69, 9.17) is 0 Å². The third-order valence-electron chi connectivity index (χ3n) is 4.80. The Kier molecular flexibility index (Phi) is 9.75. The lowest BCUT2D eigenvalue weighted by atomic mass is 9.94. The minimum atomic E-state index is -1.09. The van der Waals surface area contributed by atoms with E-state index in [1.54, 1.807) is 4.90 Å². The largest absolute Gasteiger partial charge is 0.480 e. The summed E-state index contributed by atoms with van der Waals surface area (Å²) < 4.78 is 0. The second kappa shape index (κ2) is 11.5. The third kappa shape index (κ3) is 8.14. The molecule has 1 fully saturated rings. The van der Waals surface area contributed by atoms with Crippen LogP contribution in [0.1, 0.15) is 47.0 Å². The predicted octanol–water partition coefficient (Wildman–Crippen LogP) is 0.892. The van der Waals surface area contributed by atoms with Crippen molar-refractivity contribution in [2.24, 2.45) is 11.8 Å². The summed E-state index contributed by atoms with van der Waals surface area (Å²) in [7, 11) is 0. The summed E-state index contributed by atoms with van der Waals surface area (Å²) in [6, 6.07) is -1.09. The van der Waals surface area contributed by atoms with Crippen LogP contribution in [0.5, 0.6) is 0 Å². The van der Waals surface area contributed by atoms with Gasteiger partial charge in [-0.2, -0.15) is 0 Å². The van der Waals surface area contributed by atoms with Crippen molar-refractivity contribution in [3.63, 3.8) is 0 Å². The topological polar surface area (TPSA) is 119 Å². The van der Waals surface area contributed by atoms with E-state index in [-0.39, 0.29) is 43.3 Å². The summed E-state index contributed by atoms with van der Waals surface area (Å²) in [4.78, 5) is 50.4. The molecule has 4 amide bonds. The van der Waals surface area contributed by atoms with Crippen LogP contribution >= 0.6 is 0 Å². The average Bonchev–Trinajstić information content (AvgIpc) is 2.62. The van der Waals surface area contributed by atoms with Gasteiger partial charge in [0.2, 0.25) is 11.8 Å². The number of nitrogens with one attached hydrogen (secondary N) is 2. The average molecular weight is 399 g/mol. The van der Waals surface area contributed by atoms with Gasteiger partial charge in [-0.25, -0.2) is 9.59 Å². The van der Waals surface area contributed by atoms with E-state index in [1.165, 1.54) is 18.7 Å². The van der Waals surface area contributed by atoms with Crippen LogP contribution in [0.25, 0.3) is 0 Å². The Morgan fingerprint density at radius 2 is 1.86 bits per heavy atom. The van der Waals surface area contributed by atoms with Gasteiger partial charge in [0.15, 0.2) is 0 Å². The van der Waals surface area contributed by atoms with Gasteiger partial charge in [-0.3, -0.25) is 9.59 Å². The molecule has 2 unspecified atom stereocenters. The molecule has 1 aliphatic heterocycles. The second-order valence-electron chi connectivity index (χ2n) is 7.82. The van der Waals surface area contributed by atoms with Crippen LogP contribution in [-0.2, 0) is 14.4 Å². The van der Waals surface area contributed by atoms with Crippen molar-refractivity contribution < 1.29 is 24.3 Å². The van der Waals surface area contributed by atoms with Gasteiger partial charge in [0.1, 0.15) is 6.04 Å². The molecule has 160 valence electrons. The van der Waals surface area contributed by atoms with Crippen LogP contribution in [0.2, 0.25) is 0 Å². The molecular formula is C19H34N4O5. The number of nitrogens with zero attached hydrogens (tertiary/aromatic N) is 2. The predicted molar refractivity (Wildman–Crippen MR) is 105 cm³/mol. The highest BCUT2D eigenvalue weighted by Crippen LogP contribution is 2.21. The molecule has 28 heavy (non-hydrogen) atoms. The molecule has 0 bridgehead atoms. The van der Waals surface area contributed by atoms with E-state index >= 15 is 0 Å². The van der Waals surface area contributed by atoms with Crippen LogP contribution in [0.3, 0.4) is 0 Å². The van der Waals surface area contributed by atoms with E-state index < -0.39 is 12.0 Å². The van der Waals surface area contributed by atoms with Crippen molar-refractivity contribution in [3.8, 4) is 0 Å². The summed E-state index contributed by atoms with van der Waals surface area (Å²) in [6.07, 6.45) is 1.82. The molecule has 1 rings (SSSR count). The lowest BCUT2D eigenvalue weighted by Gasteiger charge is -2.34. The number of aliphatic carboxylic acids is 1. The molecule has 0 aromatic heterocycles. The minimum Gasteiger partial charge on any atom is -0.480 e. The van der Waals surface area contributed by atoms with Crippen LogP contribution in [0, 0.1) is 11.8 Å². The number of urea groups is 1. The van der Waals surface area contributed by atoms with Gasteiger partial charge < -0.3 is 25.5 Å². The molecule has 0 spiro atoms. The molecule has 0 aliphatic carbocycles. The van der Waals surface area contributed by atoms with Crippen molar-refractivity contribution in [2.75, 3.05) is 32.7 Å². The van der Waals surface area contributed by atoms with E-state index in [9.17, 15) is 24.3 Å². The fourth-order valence-corrected chi connectivity index (χ4v) is 3.20. The number of hydrogen-bond donors (Lipinski definition) is 3. The molecule has 0 aromatic rings. The first-order valence-corrected chi connectivity index (χ1v) is 9.91. The zero-order chi connectivity index (χ0) is 21.3. The third-order valence-corrected chi connectivity index (χ3v) is 4.80. The van der Waals surface area contributed by atoms with Gasteiger partial charge in [-0.05, 0) is 31.6 Å². The van der Waals surface area contributed by atoms with Gasteiger partial charge >= 0.3 is 12.0 Å². The maximum atomic E-state index is 12.8. The molecule has 0 aromatic carbocycles. The van der Waals surface area contributed by atoms with E-state index in [0.717, 1.165) is 12.8 Å². The summed E-state index contributed by atoms with van der Waals surface area (Å²) in [5, 5.41) is 14.8. The van der Waals surface area contributed by atoms with Gasteiger partial charge in [0.05, 0.1) is 0 Å². The fraction of sp³-hybridized carbons (Fsp3) is 0.789. The minimum absolute atomic E-state index is 0.00434. The van der Waals surface area contributed by atoms with Gasteiger partial charge in [0, 0.05) is 46.1 Å². The van der Waals surface area contributed by atoms with E-state index in [1.807, 2.05) is 13.8 Å². The Hall–Kier alpha value is -2.32. The SMILES string of the molecule is CC(=O)NCCN(C(=O)CC1CCCN(C(=O)NCC(C)C)C1)C(C)C(=O)O. The first-order chi connectivity index (χ1) is 13.1. The van der Waals surface area contributed by atoms with Crippen molar-refractivity contribution in [3.05, 3.63) is 0 Å². The summed E-state index contributed by atoms with van der Waals surface area (Å²) in [5.74, 6) is -1.23. The highest BCUT2D eigenvalue weighted by molar-refractivity contribution is 5.83. The van der Waals surface area contributed by atoms with Crippen LogP contribution < -0.4 is 10.6 Å². The maximum absolute atomic E-state index is 12.8. The Bertz CT molecular complexity index is 567. The number of piperidine rings is 1. The molecule has 1 aliphatic rings. The van der Waals surface area contributed by atoms with Gasteiger partial charge in [0.25, 0.3) is 0 Å². The smallest absolute Gasteiger partial charge is 0.326 e. The number of rotatable bonds is 9. The van der Waals surface area contributed by atoms with Crippen LogP contribution in [0.4, 0.5) is 4.79 Å². The molecule has 0 saturated carbocycles. The first kappa shape index (κ1) is 23.7. The highest BCUT2D eigenvalue weighted by atomic mass is 16.4. The fourth-order valence-electron chi connectivity index (χ4n) is 3.20. The zero-order valence-corrected chi connectivity index (χ0v) is 17.4. The quantitative estimate of drug-likeness (QED) is 0.533. The summed E-state index contributed by atoms with van der Waals surface area (Å²) in [6.45, 7) is 8.96. The Morgan fingerprint density at radius 1 is 1.18 bits per heavy atom. The van der Waals surface area contributed by atoms with Crippen LogP contribution in [0.15, 0.2) is 0 Å². The Labute approximate surface area is 166 Å².